The number of hydrogen-bond donors (Lipinski definition) is 0. The Morgan fingerprint density at radius 3 is 2.58 bits per heavy atom. The van der Waals surface area contributed by atoms with E-state index in [2.05, 4.69) is 18.2 Å². The number of hydrazone groups is 1. The maximum atomic E-state index is 13.8. The third-order valence-electron chi connectivity index (χ3n) is 4.94. The number of nitrogens with zero attached hydrogens (tertiary/aromatic N) is 2. The summed E-state index contributed by atoms with van der Waals surface area (Å²) in [7, 11) is 0. The lowest BCUT2D eigenvalue weighted by Crippen LogP contribution is -2.33. The van der Waals surface area contributed by atoms with Crippen molar-refractivity contribution in [3.8, 4) is 5.75 Å². The first kappa shape index (κ1) is 15.1. The molecule has 0 unspecified atom stereocenters. The fraction of sp³-hybridized carbons (Fsp3) is 0.136. The van der Waals surface area contributed by atoms with Crippen molar-refractivity contribution in [3.63, 3.8) is 0 Å². The molecule has 0 aromatic heterocycles. The molecule has 4 heteroatoms. The standard InChI is InChI=1S/C22H17FN2O/c23-17-10-6-9-16(13-17)22-25-20(18-11-4-5-12-21(18)26-22)14-19(24-25)15-7-2-1-3-8-15/h1-13,20,22H,14H2/t20-,22-/m1/s1. The molecule has 2 atom stereocenters. The first-order valence-electron chi connectivity index (χ1n) is 8.72. The van der Waals surface area contributed by atoms with Gasteiger partial charge in [0, 0.05) is 17.5 Å². The van der Waals surface area contributed by atoms with E-state index in [1.807, 2.05) is 47.5 Å². The van der Waals surface area contributed by atoms with Crippen LogP contribution in [0.5, 0.6) is 5.75 Å². The fourth-order valence-electron chi connectivity index (χ4n) is 3.72. The van der Waals surface area contributed by atoms with Crippen LogP contribution >= 0.6 is 0 Å². The second-order valence-corrected chi connectivity index (χ2v) is 6.58. The van der Waals surface area contributed by atoms with Gasteiger partial charge in [-0.1, -0.05) is 60.7 Å². The van der Waals surface area contributed by atoms with Gasteiger partial charge in [-0.2, -0.15) is 5.10 Å². The molecule has 0 radical (unpaired) electrons. The molecular formula is C22H17FN2O. The smallest absolute Gasteiger partial charge is 0.213 e. The van der Waals surface area contributed by atoms with Gasteiger partial charge in [-0.25, -0.2) is 9.40 Å². The fourth-order valence-corrected chi connectivity index (χ4v) is 3.72. The molecule has 0 saturated heterocycles. The Labute approximate surface area is 151 Å². The van der Waals surface area contributed by atoms with Crippen LogP contribution in [0.15, 0.2) is 84.0 Å². The molecule has 2 aliphatic heterocycles. The molecule has 3 aromatic rings. The summed E-state index contributed by atoms with van der Waals surface area (Å²) in [6, 6.07) is 24.9. The van der Waals surface area contributed by atoms with E-state index < -0.39 is 6.23 Å². The van der Waals surface area contributed by atoms with Crippen molar-refractivity contribution < 1.29 is 9.13 Å². The van der Waals surface area contributed by atoms with Crippen molar-refractivity contribution in [2.45, 2.75) is 18.7 Å². The summed E-state index contributed by atoms with van der Waals surface area (Å²) in [6.45, 7) is 0. The van der Waals surface area contributed by atoms with E-state index in [-0.39, 0.29) is 11.9 Å². The maximum absolute atomic E-state index is 13.8. The zero-order chi connectivity index (χ0) is 17.5. The maximum Gasteiger partial charge on any atom is 0.213 e. The van der Waals surface area contributed by atoms with Gasteiger partial charge in [-0.15, -0.1) is 0 Å². The van der Waals surface area contributed by atoms with Crippen LogP contribution in [0.4, 0.5) is 4.39 Å². The van der Waals surface area contributed by atoms with Crippen LogP contribution in [-0.4, -0.2) is 10.7 Å². The Kier molecular flexibility index (Phi) is 3.49. The van der Waals surface area contributed by atoms with Crippen molar-refractivity contribution in [3.05, 3.63) is 101 Å². The molecule has 26 heavy (non-hydrogen) atoms. The molecule has 0 saturated carbocycles. The van der Waals surface area contributed by atoms with Gasteiger partial charge in [0.05, 0.1) is 11.8 Å². The molecular weight excluding hydrogens is 327 g/mol. The molecule has 0 N–H and O–H groups in total. The van der Waals surface area contributed by atoms with Crippen molar-refractivity contribution in [2.75, 3.05) is 0 Å². The zero-order valence-corrected chi connectivity index (χ0v) is 14.0. The molecule has 0 aliphatic carbocycles. The Morgan fingerprint density at radius 1 is 0.923 bits per heavy atom. The van der Waals surface area contributed by atoms with E-state index >= 15 is 0 Å². The molecule has 2 heterocycles. The Bertz CT molecular complexity index is 986. The van der Waals surface area contributed by atoms with E-state index in [0.29, 0.717) is 0 Å². The highest BCUT2D eigenvalue weighted by molar-refractivity contribution is 6.01. The van der Waals surface area contributed by atoms with Crippen molar-refractivity contribution in [1.29, 1.82) is 0 Å². The average Bonchev–Trinajstić information content (AvgIpc) is 3.14. The molecule has 0 amide bonds. The van der Waals surface area contributed by atoms with Crippen molar-refractivity contribution in [1.82, 2.24) is 5.01 Å². The van der Waals surface area contributed by atoms with Crippen LogP contribution in [0.1, 0.15) is 35.4 Å². The number of ether oxygens (including phenoxy) is 1. The second kappa shape index (κ2) is 5.99. The summed E-state index contributed by atoms with van der Waals surface area (Å²) in [5.74, 6) is 0.570. The first-order chi connectivity index (χ1) is 12.8. The van der Waals surface area contributed by atoms with Crippen LogP contribution in [-0.2, 0) is 0 Å². The van der Waals surface area contributed by atoms with Gasteiger partial charge in [-0.05, 0) is 23.8 Å². The topological polar surface area (TPSA) is 24.8 Å². The Hall–Kier alpha value is -3.14. The van der Waals surface area contributed by atoms with Crippen LogP contribution < -0.4 is 4.74 Å². The van der Waals surface area contributed by atoms with E-state index in [1.165, 1.54) is 12.1 Å². The molecule has 0 spiro atoms. The minimum atomic E-state index is -0.438. The highest BCUT2D eigenvalue weighted by atomic mass is 19.1. The van der Waals surface area contributed by atoms with E-state index in [9.17, 15) is 4.39 Å². The minimum absolute atomic E-state index is 0.0865. The molecule has 3 aromatic carbocycles. The molecule has 128 valence electrons. The van der Waals surface area contributed by atoms with Gasteiger partial charge in [0.1, 0.15) is 11.6 Å². The van der Waals surface area contributed by atoms with Crippen LogP contribution in [0.3, 0.4) is 0 Å². The lowest BCUT2D eigenvalue weighted by atomic mass is 9.96. The number of para-hydroxylation sites is 1. The lowest BCUT2D eigenvalue weighted by Gasteiger charge is -2.38. The quantitative estimate of drug-likeness (QED) is 0.648. The van der Waals surface area contributed by atoms with E-state index in [0.717, 1.165) is 34.6 Å². The second-order valence-electron chi connectivity index (χ2n) is 6.58. The number of fused-ring (bicyclic) bond motifs is 3. The molecule has 0 fully saturated rings. The summed E-state index contributed by atoms with van der Waals surface area (Å²) in [4.78, 5) is 0. The van der Waals surface area contributed by atoms with Gasteiger partial charge < -0.3 is 4.74 Å². The summed E-state index contributed by atoms with van der Waals surface area (Å²) in [5.41, 5.74) is 4.02. The van der Waals surface area contributed by atoms with Crippen LogP contribution in [0.2, 0.25) is 0 Å². The van der Waals surface area contributed by atoms with Gasteiger partial charge in [0.25, 0.3) is 0 Å². The minimum Gasteiger partial charge on any atom is -0.464 e. The van der Waals surface area contributed by atoms with Crippen molar-refractivity contribution >= 4 is 5.71 Å². The third-order valence-corrected chi connectivity index (χ3v) is 4.94. The third kappa shape index (κ3) is 2.46. The Morgan fingerprint density at radius 2 is 1.73 bits per heavy atom. The average molecular weight is 344 g/mol. The van der Waals surface area contributed by atoms with Crippen molar-refractivity contribution in [2.24, 2.45) is 5.10 Å². The Balaban J connectivity index is 1.61. The predicted octanol–water partition coefficient (Wildman–Crippen LogP) is 5.07. The zero-order valence-electron chi connectivity index (χ0n) is 14.0. The van der Waals surface area contributed by atoms with Gasteiger partial charge in [-0.3, -0.25) is 0 Å². The van der Waals surface area contributed by atoms with Gasteiger partial charge >= 0.3 is 0 Å². The molecule has 5 rings (SSSR count). The van der Waals surface area contributed by atoms with E-state index in [1.54, 1.807) is 6.07 Å². The number of hydrogen-bond acceptors (Lipinski definition) is 3. The normalized spacial score (nSPS) is 20.8. The predicted molar refractivity (Wildman–Crippen MR) is 98.4 cm³/mol. The van der Waals surface area contributed by atoms with Crippen LogP contribution in [0, 0.1) is 5.82 Å². The number of halogens is 1. The number of benzene rings is 3. The largest absolute Gasteiger partial charge is 0.464 e. The van der Waals surface area contributed by atoms with Gasteiger partial charge in [0.15, 0.2) is 0 Å². The molecule has 0 bridgehead atoms. The van der Waals surface area contributed by atoms with E-state index in [4.69, 9.17) is 9.84 Å². The summed E-state index contributed by atoms with van der Waals surface area (Å²) < 4.78 is 20.0. The number of rotatable bonds is 2. The molecule has 3 nitrogen and oxygen atoms in total. The summed E-state index contributed by atoms with van der Waals surface area (Å²) in [6.07, 6.45) is 0.364. The highest BCUT2D eigenvalue weighted by Gasteiger charge is 2.40. The van der Waals surface area contributed by atoms with Gasteiger partial charge in [0.2, 0.25) is 6.23 Å². The monoisotopic (exact) mass is 344 g/mol. The SMILES string of the molecule is Fc1cccc([C@H]2Oc3ccccc3[C@H]3CC(c4ccccc4)=NN32)c1. The first-order valence-corrected chi connectivity index (χ1v) is 8.72. The lowest BCUT2D eigenvalue weighted by molar-refractivity contribution is -0.0192. The summed E-state index contributed by atoms with van der Waals surface area (Å²) >= 11 is 0. The molecule has 2 aliphatic rings. The highest BCUT2D eigenvalue weighted by Crippen LogP contribution is 2.47. The van der Waals surface area contributed by atoms with Crippen LogP contribution in [0.25, 0.3) is 0 Å². The summed E-state index contributed by atoms with van der Waals surface area (Å²) in [5, 5.41) is 6.84.